The summed E-state index contributed by atoms with van der Waals surface area (Å²) in [6.45, 7) is 0. The fourth-order valence-electron chi connectivity index (χ4n) is 2.38. The van der Waals surface area contributed by atoms with Crippen molar-refractivity contribution in [2.75, 3.05) is 0 Å². The first kappa shape index (κ1) is 21.4. The Morgan fingerprint density at radius 2 is 1.73 bits per heavy atom. The van der Waals surface area contributed by atoms with Gasteiger partial charge in [-0.3, -0.25) is 6.08 Å². The molecule has 0 N–H and O–H groups in total. The zero-order valence-electron chi connectivity index (χ0n) is 12.7. The first-order valence-electron chi connectivity index (χ1n) is 7.28. The summed E-state index contributed by atoms with van der Waals surface area (Å²) >= 11 is 0. The molecule has 22 heavy (non-hydrogen) atoms. The second kappa shape index (κ2) is 14.0. The van der Waals surface area contributed by atoms with Crippen LogP contribution in [0.2, 0.25) is 0 Å². The number of allylic oxidation sites excluding steroid dienone is 8. The molecule has 0 aromatic heterocycles. The molecular weight excluding hydrogens is 367 g/mol. The molecular formula is C20H21ClZr. The number of rotatable bonds is 0. The maximum atomic E-state index is 2.99. The molecule has 0 nitrogen and oxygen atoms in total. The topological polar surface area (TPSA) is 0 Å². The predicted molar refractivity (Wildman–Crippen MR) is 85.6 cm³/mol. The Bertz CT molecular complexity index is 419. The van der Waals surface area contributed by atoms with Crippen LogP contribution in [0.5, 0.6) is 0 Å². The number of halogens is 1. The maximum Gasteiger partial charge on any atom is 4.00 e. The van der Waals surface area contributed by atoms with E-state index in [1.807, 2.05) is 42.5 Å². The van der Waals surface area contributed by atoms with Gasteiger partial charge in [0.05, 0.1) is 0 Å². The summed E-state index contributed by atoms with van der Waals surface area (Å²) in [5.74, 6) is 1.62. The van der Waals surface area contributed by atoms with Gasteiger partial charge in [-0.25, -0.2) is 12.2 Å². The molecule has 0 bridgehead atoms. The molecule has 1 fully saturated rings. The largest absolute Gasteiger partial charge is 4.00 e. The second-order valence-corrected chi connectivity index (χ2v) is 4.90. The van der Waals surface area contributed by atoms with Gasteiger partial charge in [0.2, 0.25) is 0 Å². The fourth-order valence-corrected chi connectivity index (χ4v) is 2.38. The van der Waals surface area contributed by atoms with Gasteiger partial charge in [-0.05, 0) is 5.92 Å². The van der Waals surface area contributed by atoms with E-state index in [0.29, 0.717) is 0 Å². The summed E-state index contributed by atoms with van der Waals surface area (Å²) < 4.78 is 0. The first-order valence-corrected chi connectivity index (χ1v) is 7.28. The Labute approximate surface area is 160 Å². The SMILES string of the molecule is C1=CC2[CH-]CCC2C=C1.[C-]1=CC=CC1.[Cl-].[Zr+4].[c-]1ccccc1. The van der Waals surface area contributed by atoms with Gasteiger partial charge in [0.25, 0.3) is 0 Å². The second-order valence-electron chi connectivity index (χ2n) is 4.90. The van der Waals surface area contributed by atoms with Crippen LogP contribution < -0.4 is 12.4 Å². The van der Waals surface area contributed by atoms with Gasteiger partial charge >= 0.3 is 26.2 Å². The summed E-state index contributed by atoms with van der Waals surface area (Å²) in [4.78, 5) is 0. The van der Waals surface area contributed by atoms with Crippen molar-refractivity contribution in [3.05, 3.63) is 91.4 Å². The van der Waals surface area contributed by atoms with Crippen molar-refractivity contribution in [3.8, 4) is 0 Å². The third-order valence-electron chi connectivity index (χ3n) is 3.43. The summed E-state index contributed by atoms with van der Waals surface area (Å²) in [6, 6.07) is 12.5. The molecule has 0 radical (unpaired) electrons. The van der Waals surface area contributed by atoms with Crippen LogP contribution in [0.3, 0.4) is 0 Å². The molecule has 1 saturated carbocycles. The van der Waals surface area contributed by atoms with E-state index in [0.717, 1.165) is 18.3 Å². The maximum absolute atomic E-state index is 2.99. The molecule has 1 aromatic carbocycles. The standard InChI is InChI=1S/C9H11.C6H5.C5H5.ClH.Zr/c1-2-5-9-7-3-6-8(9)4-1;1-2-4-6-5-3-1;1-2-4-5-3-1;;/h1-2,4-6,8-9H,3,7H2;1-5H;1-3H,4H2;1H;/q3*-1;;+4/p-1. The number of fused-ring (bicyclic) bond motifs is 1. The van der Waals surface area contributed by atoms with E-state index in [-0.39, 0.29) is 38.6 Å². The van der Waals surface area contributed by atoms with E-state index in [2.05, 4.69) is 48.9 Å². The third kappa shape index (κ3) is 8.71. The van der Waals surface area contributed by atoms with Crippen LogP contribution in [0.4, 0.5) is 0 Å². The van der Waals surface area contributed by atoms with Crippen molar-refractivity contribution in [3.63, 3.8) is 0 Å². The molecule has 0 saturated heterocycles. The molecule has 1 aromatic rings. The molecule has 3 aliphatic rings. The smallest absolute Gasteiger partial charge is 1.00 e. The first-order chi connectivity index (χ1) is 9.97. The van der Waals surface area contributed by atoms with Crippen LogP contribution in [0.1, 0.15) is 19.3 Å². The fraction of sp³-hybridized carbons (Fsp3) is 0.250. The molecule has 0 spiro atoms. The van der Waals surface area contributed by atoms with E-state index < -0.39 is 0 Å². The average molecular weight is 388 g/mol. The third-order valence-corrected chi connectivity index (χ3v) is 3.43. The quantitative estimate of drug-likeness (QED) is 0.598. The van der Waals surface area contributed by atoms with Gasteiger partial charge in [-0.2, -0.15) is 48.9 Å². The van der Waals surface area contributed by atoms with E-state index in [1.165, 1.54) is 12.8 Å². The summed E-state index contributed by atoms with van der Waals surface area (Å²) in [5.41, 5.74) is 0. The van der Waals surface area contributed by atoms with Crippen molar-refractivity contribution in [1.82, 2.24) is 0 Å². The molecule has 0 amide bonds. The Kier molecular flexibility index (Phi) is 13.6. The Hall–Kier alpha value is -0.647. The molecule has 4 rings (SSSR count). The minimum absolute atomic E-state index is 0. The summed E-state index contributed by atoms with van der Waals surface area (Å²) in [6.07, 6.45) is 24.1. The van der Waals surface area contributed by atoms with Crippen LogP contribution in [0.15, 0.2) is 72.9 Å². The molecule has 2 atom stereocenters. The van der Waals surface area contributed by atoms with Crippen molar-refractivity contribution in [2.24, 2.45) is 11.8 Å². The Balaban J connectivity index is 0.000000302. The summed E-state index contributed by atoms with van der Waals surface area (Å²) in [5, 5.41) is 0. The van der Waals surface area contributed by atoms with Gasteiger partial charge < -0.3 is 18.8 Å². The Morgan fingerprint density at radius 1 is 0.955 bits per heavy atom. The molecule has 112 valence electrons. The minimum Gasteiger partial charge on any atom is -1.00 e. The zero-order chi connectivity index (χ0) is 13.9. The van der Waals surface area contributed by atoms with E-state index in [9.17, 15) is 0 Å². The molecule has 2 unspecified atom stereocenters. The van der Waals surface area contributed by atoms with Crippen molar-refractivity contribution in [1.29, 1.82) is 0 Å². The average Bonchev–Trinajstić information content (AvgIpc) is 3.24. The number of hydrogen-bond donors (Lipinski definition) is 0. The summed E-state index contributed by atoms with van der Waals surface area (Å²) in [7, 11) is 0. The normalized spacial score (nSPS) is 22.2. The Morgan fingerprint density at radius 3 is 2.18 bits per heavy atom. The van der Waals surface area contributed by atoms with Crippen molar-refractivity contribution >= 4 is 0 Å². The van der Waals surface area contributed by atoms with Crippen LogP contribution in [0.25, 0.3) is 0 Å². The van der Waals surface area contributed by atoms with Crippen molar-refractivity contribution in [2.45, 2.75) is 19.3 Å². The van der Waals surface area contributed by atoms with Crippen LogP contribution in [-0.2, 0) is 26.2 Å². The molecule has 2 heteroatoms. The van der Waals surface area contributed by atoms with Gasteiger partial charge in [0, 0.05) is 0 Å². The van der Waals surface area contributed by atoms with Gasteiger partial charge in [0.1, 0.15) is 0 Å². The molecule has 0 aliphatic heterocycles. The number of hydrogen-bond acceptors (Lipinski definition) is 0. The monoisotopic (exact) mass is 386 g/mol. The molecule has 3 aliphatic carbocycles. The number of benzene rings is 1. The minimum atomic E-state index is 0. The van der Waals surface area contributed by atoms with Gasteiger partial charge in [-0.1, -0.05) is 24.6 Å². The predicted octanol–water partition coefficient (Wildman–Crippen LogP) is 2.14. The van der Waals surface area contributed by atoms with E-state index in [4.69, 9.17) is 0 Å². The zero-order valence-corrected chi connectivity index (χ0v) is 15.9. The van der Waals surface area contributed by atoms with Crippen LogP contribution >= 0.6 is 0 Å². The van der Waals surface area contributed by atoms with Crippen LogP contribution in [-0.4, -0.2) is 0 Å². The van der Waals surface area contributed by atoms with Crippen LogP contribution in [0, 0.1) is 30.4 Å². The van der Waals surface area contributed by atoms with E-state index in [1.54, 1.807) is 0 Å². The molecule has 0 heterocycles. The van der Waals surface area contributed by atoms with Crippen molar-refractivity contribution < 1.29 is 38.6 Å². The van der Waals surface area contributed by atoms with E-state index >= 15 is 0 Å². The van der Waals surface area contributed by atoms with Gasteiger partial charge in [0.15, 0.2) is 0 Å². The van der Waals surface area contributed by atoms with Gasteiger partial charge in [-0.15, -0.1) is 18.4 Å².